The van der Waals surface area contributed by atoms with Crippen LogP contribution in [0.4, 0.5) is 5.69 Å². The van der Waals surface area contributed by atoms with E-state index in [9.17, 15) is 0 Å². The van der Waals surface area contributed by atoms with Gasteiger partial charge in [-0.05, 0) is 30.3 Å². The first-order valence-electron chi connectivity index (χ1n) is 4.63. The molecular weight excluding hydrogens is 194 g/mol. The molecular formula is C10H15N3S. The minimum Gasteiger partial charge on any atom is -0.331 e. The summed E-state index contributed by atoms with van der Waals surface area (Å²) in [5.74, 6) is 5.19. The highest BCUT2D eigenvalue weighted by Gasteiger charge is 2.01. The van der Waals surface area contributed by atoms with Gasteiger partial charge in [0.2, 0.25) is 0 Å². The Kier molecular flexibility index (Phi) is 4.35. The van der Waals surface area contributed by atoms with E-state index in [0.29, 0.717) is 5.11 Å². The Hall–Kier alpha value is -1.13. The summed E-state index contributed by atoms with van der Waals surface area (Å²) in [6, 6.07) is 8.08. The number of thiocarbonyl (C=S) groups is 1. The van der Waals surface area contributed by atoms with Gasteiger partial charge in [-0.15, -0.1) is 0 Å². The summed E-state index contributed by atoms with van der Waals surface area (Å²) in [7, 11) is 0. The first-order chi connectivity index (χ1) is 6.77. The third-order valence-electron chi connectivity index (χ3n) is 1.92. The van der Waals surface area contributed by atoms with Crippen LogP contribution in [0.25, 0.3) is 0 Å². The lowest BCUT2D eigenvalue weighted by Crippen LogP contribution is -2.34. The number of aryl methyl sites for hydroxylation is 1. The van der Waals surface area contributed by atoms with Gasteiger partial charge in [-0.25, -0.2) is 5.84 Å². The highest BCUT2D eigenvalue weighted by molar-refractivity contribution is 7.80. The number of rotatable bonds is 3. The molecule has 0 aromatic heterocycles. The van der Waals surface area contributed by atoms with E-state index >= 15 is 0 Å². The molecule has 4 heteroatoms. The minimum atomic E-state index is 0.438. The third kappa shape index (κ3) is 2.97. The molecule has 1 rings (SSSR count). The van der Waals surface area contributed by atoms with Crippen LogP contribution < -0.4 is 16.6 Å². The van der Waals surface area contributed by atoms with Crippen molar-refractivity contribution >= 4 is 23.0 Å². The van der Waals surface area contributed by atoms with Crippen LogP contribution in [-0.4, -0.2) is 5.11 Å². The lowest BCUT2D eigenvalue weighted by molar-refractivity contribution is 0.923. The van der Waals surface area contributed by atoms with Crippen molar-refractivity contribution in [2.24, 2.45) is 5.84 Å². The van der Waals surface area contributed by atoms with Crippen molar-refractivity contribution in [2.75, 3.05) is 5.32 Å². The second-order valence-electron chi connectivity index (χ2n) is 3.01. The zero-order valence-corrected chi connectivity index (χ0v) is 9.03. The van der Waals surface area contributed by atoms with Crippen LogP contribution >= 0.6 is 12.2 Å². The SMILES string of the molecule is CCCc1ccccc1NC(=S)NN. The van der Waals surface area contributed by atoms with Gasteiger partial charge in [-0.2, -0.15) is 0 Å². The first kappa shape index (κ1) is 10.9. The molecule has 0 radical (unpaired) electrons. The molecule has 0 unspecified atom stereocenters. The Balaban J connectivity index is 2.78. The smallest absolute Gasteiger partial charge is 0.185 e. The van der Waals surface area contributed by atoms with Crippen molar-refractivity contribution in [1.29, 1.82) is 0 Å². The second kappa shape index (κ2) is 5.57. The van der Waals surface area contributed by atoms with Crippen LogP contribution in [0.1, 0.15) is 18.9 Å². The van der Waals surface area contributed by atoms with Gasteiger partial charge in [-0.1, -0.05) is 31.5 Å². The average molecular weight is 209 g/mol. The van der Waals surface area contributed by atoms with E-state index < -0.39 is 0 Å². The van der Waals surface area contributed by atoms with Gasteiger partial charge in [0.25, 0.3) is 0 Å². The van der Waals surface area contributed by atoms with Crippen LogP contribution in [0.2, 0.25) is 0 Å². The van der Waals surface area contributed by atoms with Crippen molar-refractivity contribution < 1.29 is 0 Å². The Labute approximate surface area is 89.7 Å². The Morgan fingerprint density at radius 1 is 1.43 bits per heavy atom. The molecule has 0 amide bonds. The van der Waals surface area contributed by atoms with Crippen molar-refractivity contribution in [3.63, 3.8) is 0 Å². The molecule has 0 aliphatic rings. The van der Waals surface area contributed by atoms with Gasteiger partial charge >= 0.3 is 0 Å². The van der Waals surface area contributed by atoms with E-state index in [4.69, 9.17) is 18.1 Å². The predicted molar refractivity (Wildman–Crippen MR) is 64.0 cm³/mol. The molecule has 14 heavy (non-hydrogen) atoms. The number of anilines is 1. The average Bonchev–Trinajstić information content (AvgIpc) is 2.21. The number of benzene rings is 1. The molecule has 3 nitrogen and oxygen atoms in total. The zero-order chi connectivity index (χ0) is 10.4. The first-order valence-corrected chi connectivity index (χ1v) is 5.04. The van der Waals surface area contributed by atoms with Gasteiger partial charge in [0.1, 0.15) is 0 Å². The fourth-order valence-corrected chi connectivity index (χ4v) is 1.40. The summed E-state index contributed by atoms with van der Waals surface area (Å²) in [4.78, 5) is 0. The van der Waals surface area contributed by atoms with E-state index in [0.717, 1.165) is 18.5 Å². The molecule has 0 bridgehead atoms. The van der Waals surface area contributed by atoms with Crippen molar-refractivity contribution in [2.45, 2.75) is 19.8 Å². The van der Waals surface area contributed by atoms with E-state index in [1.807, 2.05) is 18.2 Å². The van der Waals surface area contributed by atoms with Crippen LogP contribution in [0, 0.1) is 0 Å². The van der Waals surface area contributed by atoms with Gasteiger partial charge in [0, 0.05) is 5.69 Å². The molecule has 1 aromatic carbocycles. The minimum absolute atomic E-state index is 0.438. The molecule has 0 heterocycles. The summed E-state index contributed by atoms with van der Waals surface area (Å²) in [6.45, 7) is 2.15. The standard InChI is InChI=1S/C10H15N3S/c1-2-5-8-6-3-4-7-9(8)12-10(14)13-11/h3-4,6-7H,2,5,11H2,1H3,(H2,12,13,14). The van der Waals surface area contributed by atoms with Gasteiger partial charge < -0.3 is 10.7 Å². The maximum atomic E-state index is 5.19. The van der Waals surface area contributed by atoms with E-state index in [2.05, 4.69) is 23.7 Å². The van der Waals surface area contributed by atoms with Crippen LogP contribution in [0.3, 0.4) is 0 Å². The number of para-hydroxylation sites is 1. The van der Waals surface area contributed by atoms with Crippen molar-refractivity contribution in [3.8, 4) is 0 Å². The molecule has 76 valence electrons. The van der Waals surface area contributed by atoms with Gasteiger partial charge in [0.05, 0.1) is 0 Å². The summed E-state index contributed by atoms with van der Waals surface area (Å²) in [6.07, 6.45) is 2.15. The maximum absolute atomic E-state index is 5.19. The summed E-state index contributed by atoms with van der Waals surface area (Å²) in [5.41, 5.74) is 4.69. The highest BCUT2D eigenvalue weighted by Crippen LogP contribution is 2.16. The van der Waals surface area contributed by atoms with Crippen LogP contribution in [-0.2, 0) is 6.42 Å². The fourth-order valence-electron chi connectivity index (χ4n) is 1.29. The lowest BCUT2D eigenvalue weighted by Gasteiger charge is -2.11. The van der Waals surface area contributed by atoms with Crippen LogP contribution in [0.5, 0.6) is 0 Å². The Morgan fingerprint density at radius 2 is 2.14 bits per heavy atom. The molecule has 0 atom stereocenters. The Bertz CT molecular complexity index is 312. The van der Waals surface area contributed by atoms with Crippen molar-refractivity contribution in [3.05, 3.63) is 29.8 Å². The monoisotopic (exact) mass is 209 g/mol. The molecule has 0 fully saturated rings. The lowest BCUT2D eigenvalue weighted by atomic mass is 10.1. The quantitative estimate of drug-likeness (QED) is 0.403. The van der Waals surface area contributed by atoms with Crippen LogP contribution in [0.15, 0.2) is 24.3 Å². The second-order valence-corrected chi connectivity index (χ2v) is 3.41. The van der Waals surface area contributed by atoms with Gasteiger partial charge in [0.15, 0.2) is 5.11 Å². The van der Waals surface area contributed by atoms with E-state index in [1.165, 1.54) is 5.56 Å². The zero-order valence-electron chi connectivity index (χ0n) is 8.21. The number of hydrazine groups is 1. The Morgan fingerprint density at radius 3 is 2.79 bits per heavy atom. The predicted octanol–water partition coefficient (Wildman–Crippen LogP) is 1.80. The summed E-state index contributed by atoms with van der Waals surface area (Å²) >= 11 is 4.93. The molecule has 0 spiro atoms. The third-order valence-corrected chi connectivity index (χ3v) is 2.14. The topological polar surface area (TPSA) is 50.1 Å². The molecule has 0 aliphatic carbocycles. The molecule has 0 saturated heterocycles. The number of hydrogen-bond acceptors (Lipinski definition) is 2. The van der Waals surface area contributed by atoms with Gasteiger partial charge in [-0.3, -0.25) is 0 Å². The molecule has 0 aliphatic heterocycles. The summed E-state index contributed by atoms with van der Waals surface area (Å²) < 4.78 is 0. The van der Waals surface area contributed by atoms with E-state index in [-0.39, 0.29) is 0 Å². The fraction of sp³-hybridized carbons (Fsp3) is 0.300. The van der Waals surface area contributed by atoms with Crippen molar-refractivity contribution in [1.82, 2.24) is 5.43 Å². The number of hydrogen-bond donors (Lipinski definition) is 3. The van der Waals surface area contributed by atoms with E-state index in [1.54, 1.807) is 0 Å². The normalized spacial score (nSPS) is 9.57. The maximum Gasteiger partial charge on any atom is 0.185 e. The highest BCUT2D eigenvalue weighted by atomic mass is 32.1. The number of nitrogens with one attached hydrogen (secondary N) is 2. The molecule has 0 saturated carbocycles. The number of nitrogens with two attached hydrogens (primary N) is 1. The largest absolute Gasteiger partial charge is 0.331 e. The molecule has 1 aromatic rings. The molecule has 4 N–H and O–H groups in total. The summed E-state index contributed by atoms with van der Waals surface area (Å²) in [5, 5.41) is 3.48.